The van der Waals surface area contributed by atoms with Gasteiger partial charge >= 0.3 is 0 Å². The van der Waals surface area contributed by atoms with Gasteiger partial charge in [0.2, 0.25) is 0 Å². The number of halogens is 3. The summed E-state index contributed by atoms with van der Waals surface area (Å²) in [6.45, 7) is 3.45. The van der Waals surface area contributed by atoms with Crippen molar-refractivity contribution in [1.82, 2.24) is 4.90 Å². The van der Waals surface area contributed by atoms with Gasteiger partial charge in [0, 0.05) is 18.4 Å². The molecule has 0 unspecified atom stereocenters. The summed E-state index contributed by atoms with van der Waals surface area (Å²) in [6.07, 6.45) is 0.925. The second kappa shape index (κ2) is 6.84. The Morgan fingerprint density at radius 1 is 1.50 bits per heavy atom. The van der Waals surface area contributed by atoms with E-state index in [2.05, 4.69) is 15.9 Å². The highest BCUT2D eigenvalue weighted by molar-refractivity contribution is 9.09. The Kier molecular flexibility index (Phi) is 6.11. The molecular formula is C10H12BrCl2NOS. The first-order valence-corrected chi connectivity index (χ1v) is 7.59. The predicted molar refractivity (Wildman–Crippen MR) is 74.3 cm³/mol. The van der Waals surface area contributed by atoms with Crippen molar-refractivity contribution in [1.29, 1.82) is 0 Å². The molecule has 2 nitrogen and oxygen atoms in total. The van der Waals surface area contributed by atoms with Crippen LogP contribution in [-0.2, 0) is 0 Å². The molecule has 90 valence electrons. The molecule has 0 atom stereocenters. The van der Waals surface area contributed by atoms with Crippen molar-refractivity contribution in [3.05, 3.63) is 20.3 Å². The molecule has 0 radical (unpaired) electrons. The highest BCUT2D eigenvalue weighted by Gasteiger charge is 2.19. The average molecular weight is 345 g/mol. The lowest BCUT2D eigenvalue weighted by Gasteiger charge is -2.20. The molecule has 16 heavy (non-hydrogen) atoms. The highest BCUT2D eigenvalue weighted by Crippen LogP contribution is 2.31. The third-order valence-electron chi connectivity index (χ3n) is 2.02. The summed E-state index contributed by atoms with van der Waals surface area (Å²) in [5, 5.41) is 0.758. The van der Waals surface area contributed by atoms with Crippen LogP contribution in [0.3, 0.4) is 0 Å². The lowest BCUT2D eigenvalue weighted by atomic mass is 10.3. The molecule has 0 fully saturated rings. The topological polar surface area (TPSA) is 20.3 Å². The van der Waals surface area contributed by atoms with Crippen LogP contribution in [0, 0.1) is 0 Å². The predicted octanol–water partition coefficient (Wildman–Crippen LogP) is 4.30. The molecule has 1 aromatic rings. The Labute approximate surface area is 118 Å². The van der Waals surface area contributed by atoms with E-state index in [1.54, 1.807) is 11.0 Å². The second-order valence-corrected chi connectivity index (χ2v) is 6.30. The van der Waals surface area contributed by atoms with Gasteiger partial charge in [-0.05, 0) is 12.5 Å². The summed E-state index contributed by atoms with van der Waals surface area (Å²) < 4.78 is 1.01. The Hall–Kier alpha value is 0.230. The van der Waals surface area contributed by atoms with E-state index in [9.17, 15) is 4.79 Å². The Morgan fingerprint density at radius 2 is 2.19 bits per heavy atom. The van der Waals surface area contributed by atoms with Crippen LogP contribution in [0.25, 0.3) is 0 Å². The van der Waals surface area contributed by atoms with Gasteiger partial charge in [-0.3, -0.25) is 4.79 Å². The summed E-state index contributed by atoms with van der Waals surface area (Å²) in [5.41, 5.74) is 0.506. The minimum absolute atomic E-state index is 0.0468. The number of amides is 1. The molecule has 0 saturated heterocycles. The van der Waals surface area contributed by atoms with E-state index in [1.807, 2.05) is 6.92 Å². The summed E-state index contributed by atoms with van der Waals surface area (Å²) >= 11 is 16.3. The van der Waals surface area contributed by atoms with E-state index in [0.29, 0.717) is 20.8 Å². The fourth-order valence-corrected chi connectivity index (χ4v) is 3.22. The van der Waals surface area contributed by atoms with E-state index in [0.717, 1.165) is 18.3 Å². The number of alkyl halides is 1. The van der Waals surface area contributed by atoms with Gasteiger partial charge < -0.3 is 4.90 Å². The van der Waals surface area contributed by atoms with Crippen molar-refractivity contribution in [3.8, 4) is 0 Å². The van der Waals surface area contributed by atoms with Crippen LogP contribution < -0.4 is 0 Å². The van der Waals surface area contributed by atoms with E-state index < -0.39 is 0 Å². The van der Waals surface area contributed by atoms with Crippen LogP contribution in [0.5, 0.6) is 0 Å². The van der Waals surface area contributed by atoms with Gasteiger partial charge in [0.15, 0.2) is 0 Å². The van der Waals surface area contributed by atoms with E-state index in [1.165, 1.54) is 11.3 Å². The molecule has 1 rings (SSSR count). The number of hydrogen-bond donors (Lipinski definition) is 0. The summed E-state index contributed by atoms with van der Waals surface area (Å²) in [7, 11) is 0. The largest absolute Gasteiger partial charge is 0.338 e. The summed E-state index contributed by atoms with van der Waals surface area (Å²) in [5.74, 6) is -0.0468. The molecule has 0 aliphatic carbocycles. The first-order valence-electron chi connectivity index (χ1n) is 4.90. The number of carbonyl (C=O) groups excluding carboxylic acids is 1. The molecule has 0 N–H and O–H groups in total. The molecule has 1 aromatic heterocycles. The van der Waals surface area contributed by atoms with Crippen molar-refractivity contribution in [2.24, 2.45) is 0 Å². The fourth-order valence-electron chi connectivity index (χ4n) is 1.34. The summed E-state index contributed by atoms with van der Waals surface area (Å²) in [6, 6.07) is 1.63. The third-order valence-corrected chi connectivity index (χ3v) is 3.86. The van der Waals surface area contributed by atoms with Crippen LogP contribution in [-0.4, -0.2) is 29.2 Å². The van der Waals surface area contributed by atoms with Gasteiger partial charge in [-0.15, -0.1) is 11.3 Å². The van der Waals surface area contributed by atoms with Gasteiger partial charge in [0.25, 0.3) is 5.91 Å². The molecule has 6 heteroatoms. The third kappa shape index (κ3) is 3.62. The van der Waals surface area contributed by atoms with E-state index in [4.69, 9.17) is 23.2 Å². The maximum atomic E-state index is 12.1. The average Bonchev–Trinajstić information content (AvgIpc) is 2.56. The van der Waals surface area contributed by atoms with Gasteiger partial charge in [-0.1, -0.05) is 46.1 Å². The number of hydrogen-bond acceptors (Lipinski definition) is 2. The van der Waals surface area contributed by atoms with E-state index in [-0.39, 0.29) is 5.91 Å². The zero-order valence-electron chi connectivity index (χ0n) is 8.80. The van der Waals surface area contributed by atoms with Crippen LogP contribution in [0.2, 0.25) is 8.67 Å². The molecule has 0 bridgehead atoms. The van der Waals surface area contributed by atoms with Gasteiger partial charge in [-0.25, -0.2) is 0 Å². The molecule has 0 aliphatic heterocycles. The van der Waals surface area contributed by atoms with Crippen molar-refractivity contribution < 1.29 is 4.79 Å². The molecule has 0 aromatic carbocycles. The van der Waals surface area contributed by atoms with Gasteiger partial charge in [0.05, 0.1) is 9.90 Å². The molecule has 0 saturated carbocycles. The fraction of sp³-hybridized carbons (Fsp3) is 0.500. The lowest BCUT2D eigenvalue weighted by Crippen LogP contribution is -2.33. The van der Waals surface area contributed by atoms with Crippen LogP contribution in [0.4, 0.5) is 0 Å². The van der Waals surface area contributed by atoms with Gasteiger partial charge in [-0.2, -0.15) is 0 Å². The Bertz CT molecular complexity index is 364. The molecule has 1 amide bonds. The van der Waals surface area contributed by atoms with Crippen LogP contribution in [0.1, 0.15) is 23.7 Å². The maximum Gasteiger partial charge on any atom is 0.256 e. The Balaban J connectivity index is 2.85. The monoisotopic (exact) mass is 343 g/mol. The molecule has 0 aliphatic rings. The normalized spacial score (nSPS) is 10.5. The van der Waals surface area contributed by atoms with Crippen molar-refractivity contribution in [2.45, 2.75) is 13.3 Å². The first kappa shape index (κ1) is 14.3. The number of thiophene rings is 1. The zero-order chi connectivity index (χ0) is 12.1. The lowest BCUT2D eigenvalue weighted by molar-refractivity contribution is 0.0767. The number of carbonyl (C=O) groups is 1. The van der Waals surface area contributed by atoms with Gasteiger partial charge in [0.1, 0.15) is 4.34 Å². The van der Waals surface area contributed by atoms with Crippen LogP contribution in [0.15, 0.2) is 6.07 Å². The first-order chi connectivity index (χ1) is 7.60. The zero-order valence-corrected chi connectivity index (χ0v) is 12.7. The smallest absolute Gasteiger partial charge is 0.256 e. The number of rotatable bonds is 5. The Morgan fingerprint density at radius 3 is 2.62 bits per heavy atom. The van der Waals surface area contributed by atoms with Crippen molar-refractivity contribution in [2.75, 3.05) is 18.4 Å². The number of nitrogens with zero attached hydrogens (tertiary/aromatic N) is 1. The minimum atomic E-state index is -0.0468. The maximum absolute atomic E-state index is 12.1. The highest BCUT2D eigenvalue weighted by atomic mass is 79.9. The minimum Gasteiger partial charge on any atom is -0.338 e. The van der Waals surface area contributed by atoms with E-state index >= 15 is 0 Å². The van der Waals surface area contributed by atoms with Crippen LogP contribution >= 0.6 is 50.5 Å². The molecule has 1 heterocycles. The molecule has 0 spiro atoms. The SMILES string of the molecule is CCCN(CCBr)C(=O)c1cc(Cl)sc1Cl. The standard InChI is InChI=1S/C10H12BrCl2NOS/c1-2-4-14(5-3-11)10(15)7-6-8(12)16-9(7)13/h6H,2-5H2,1H3. The quantitative estimate of drug-likeness (QED) is 0.729. The molecular weight excluding hydrogens is 333 g/mol. The van der Waals surface area contributed by atoms with Crippen molar-refractivity contribution in [3.63, 3.8) is 0 Å². The summed E-state index contributed by atoms with van der Waals surface area (Å²) in [4.78, 5) is 13.9. The van der Waals surface area contributed by atoms with Crippen molar-refractivity contribution >= 4 is 56.4 Å². The second-order valence-electron chi connectivity index (χ2n) is 3.22.